The zero-order valence-corrected chi connectivity index (χ0v) is 13.1. The number of amides is 1. The fraction of sp³-hybridized carbons (Fsp3) is 0.214. The molecule has 0 bridgehead atoms. The Kier molecular flexibility index (Phi) is 5.43. The number of benzene rings is 1. The fourth-order valence-corrected chi connectivity index (χ4v) is 2.95. The lowest BCUT2D eigenvalue weighted by Gasteiger charge is -2.15. The zero-order chi connectivity index (χ0) is 14.5. The quantitative estimate of drug-likeness (QED) is 0.893. The van der Waals surface area contributed by atoms with E-state index in [1.807, 2.05) is 16.8 Å². The van der Waals surface area contributed by atoms with E-state index in [2.05, 4.69) is 5.32 Å². The van der Waals surface area contributed by atoms with Gasteiger partial charge in [-0.05, 0) is 40.6 Å². The minimum atomic E-state index is -0.246. The van der Waals surface area contributed by atoms with Gasteiger partial charge in [-0.1, -0.05) is 23.2 Å². The highest BCUT2D eigenvalue weighted by molar-refractivity contribution is 7.07. The first-order valence-corrected chi connectivity index (χ1v) is 7.60. The van der Waals surface area contributed by atoms with Crippen molar-refractivity contribution < 1.29 is 9.53 Å². The summed E-state index contributed by atoms with van der Waals surface area (Å²) in [5, 5.41) is 7.61. The van der Waals surface area contributed by atoms with Crippen molar-refractivity contribution in [1.29, 1.82) is 0 Å². The Morgan fingerprint density at radius 2 is 2.20 bits per heavy atom. The predicted octanol–water partition coefficient (Wildman–Crippen LogP) is 4.17. The highest BCUT2D eigenvalue weighted by Crippen LogP contribution is 2.22. The van der Waals surface area contributed by atoms with Gasteiger partial charge in [0.05, 0.1) is 10.6 Å². The van der Waals surface area contributed by atoms with Gasteiger partial charge in [0.1, 0.15) is 6.10 Å². The summed E-state index contributed by atoms with van der Waals surface area (Å²) in [5.41, 5.74) is 1.44. The Labute approximate surface area is 131 Å². The first kappa shape index (κ1) is 15.3. The van der Waals surface area contributed by atoms with Gasteiger partial charge in [0.15, 0.2) is 0 Å². The molecule has 1 atom stereocenters. The molecule has 1 aromatic carbocycles. The van der Waals surface area contributed by atoms with Crippen molar-refractivity contribution in [1.82, 2.24) is 5.32 Å². The van der Waals surface area contributed by atoms with Crippen LogP contribution in [0, 0.1) is 0 Å². The van der Waals surface area contributed by atoms with Crippen molar-refractivity contribution in [2.45, 2.75) is 6.10 Å². The SMILES string of the molecule is COC(CNC(=O)c1ccc(Cl)cc1Cl)c1ccsc1. The van der Waals surface area contributed by atoms with E-state index < -0.39 is 0 Å². The fourth-order valence-electron chi connectivity index (χ4n) is 1.75. The van der Waals surface area contributed by atoms with Gasteiger partial charge in [0.2, 0.25) is 0 Å². The maximum Gasteiger partial charge on any atom is 0.252 e. The summed E-state index contributed by atoms with van der Waals surface area (Å²) in [5.74, 6) is -0.246. The Morgan fingerprint density at radius 3 is 2.80 bits per heavy atom. The van der Waals surface area contributed by atoms with Gasteiger partial charge < -0.3 is 10.1 Å². The van der Waals surface area contributed by atoms with Crippen LogP contribution in [0.25, 0.3) is 0 Å². The third-order valence-electron chi connectivity index (χ3n) is 2.82. The van der Waals surface area contributed by atoms with Crippen LogP contribution < -0.4 is 5.32 Å². The molecule has 0 saturated carbocycles. The summed E-state index contributed by atoms with van der Waals surface area (Å²) in [7, 11) is 1.61. The van der Waals surface area contributed by atoms with Gasteiger partial charge >= 0.3 is 0 Å². The van der Waals surface area contributed by atoms with Crippen LogP contribution in [0.5, 0.6) is 0 Å². The largest absolute Gasteiger partial charge is 0.375 e. The van der Waals surface area contributed by atoms with Gasteiger partial charge in [-0.3, -0.25) is 4.79 Å². The summed E-state index contributed by atoms with van der Waals surface area (Å²) >= 11 is 13.4. The minimum absolute atomic E-state index is 0.170. The number of hydrogen-bond donors (Lipinski definition) is 1. The van der Waals surface area contributed by atoms with Crippen molar-refractivity contribution >= 4 is 40.4 Å². The highest BCUT2D eigenvalue weighted by atomic mass is 35.5. The zero-order valence-electron chi connectivity index (χ0n) is 10.7. The smallest absolute Gasteiger partial charge is 0.252 e. The molecule has 0 spiro atoms. The third-order valence-corrected chi connectivity index (χ3v) is 4.07. The molecule has 1 heterocycles. The van der Waals surface area contributed by atoms with Crippen LogP contribution in [0.4, 0.5) is 0 Å². The lowest BCUT2D eigenvalue weighted by atomic mass is 10.1. The molecule has 2 rings (SSSR count). The summed E-state index contributed by atoms with van der Waals surface area (Å²) in [6.07, 6.45) is -0.170. The number of carbonyl (C=O) groups excluding carboxylic acids is 1. The van der Waals surface area contributed by atoms with E-state index in [4.69, 9.17) is 27.9 Å². The maximum atomic E-state index is 12.1. The van der Waals surface area contributed by atoms with Gasteiger partial charge in [-0.25, -0.2) is 0 Å². The summed E-state index contributed by atoms with van der Waals surface area (Å²) in [6, 6.07) is 6.76. The molecule has 0 aliphatic rings. The Morgan fingerprint density at radius 1 is 1.40 bits per heavy atom. The molecular formula is C14H13Cl2NO2S. The molecule has 1 unspecified atom stereocenters. The van der Waals surface area contributed by atoms with Gasteiger partial charge in [-0.2, -0.15) is 11.3 Å². The standard InChI is InChI=1S/C14H13Cl2NO2S/c1-19-13(9-4-5-20-8-9)7-17-14(18)11-3-2-10(15)6-12(11)16/h2-6,8,13H,7H2,1H3,(H,17,18). The molecule has 2 aromatic rings. The molecule has 0 aliphatic carbocycles. The van der Waals surface area contributed by atoms with Gasteiger partial charge in [-0.15, -0.1) is 0 Å². The topological polar surface area (TPSA) is 38.3 Å². The summed E-state index contributed by atoms with van der Waals surface area (Å²) in [6.45, 7) is 0.380. The predicted molar refractivity (Wildman–Crippen MR) is 82.9 cm³/mol. The van der Waals surface area contributed by atoms with Gasteiger partial charge in [0, 0.05) is 18.7 Å². The number of nitrogens with one attached hydrogen (secondary N) is 1. The number of ether oxygens (including phenoxy) is 1. The normalized spacial score (nSPS) is 12.2. The number of rotatable bonds is 5. The molecule has 0 aliphatic heterocycles. The molecule has 6 heteroatoms. The Balaban J connectivity index is 2.01. The number of halogens is 2. The van der Waals surface area contributed by atoms with Crippen molar-refractivity contribution in [3.8, 4) is 0 Å². The van der Waals surface area contributed by atoms with Crippen LogP contribution in [0.15, 0.2) is 35.0 Å². The van der Waals surface area contributed by atoms with E-state index in [1.165, 1.54) is 0 Å². The Hall–Kier alpha value is -1.07. The summed E-state index contributed by atoms with van der Waals surface area (Å²) < 4.78 is 5.37. The molecule has 1 aromatic heterocycles. The lowest BCUT2D eigenvalue weighted by molar-refractivity contribution is 0.0829. The van der Waals surface area contributed by atoms with Crippen molar-refractivity contribution in [3.05, 3.63) is 56.2 Å². The third kappa shape index (κ3) is 3.73. The molecule has 0 saturated heterocycles. The number of carbonyl (C=O) groups is 1. The lowest BCUT2D eigenvalue weighted by Crippen LogP contribution is -2.29. The maximum absolute atomic E-state index is 12.1. The Bertz CT molecular complexity index is 587. The van der Waals surface area contributed by atoms with Crippen LogP contribution in [-0.4, -0.2) is 19.6 Å². The van der Waals surface area contributed by atoms with E-state index in [9.17, 15) is 4.79 Å². The van der Waals surface area contributed by atoms with Crippen LogP contribution >= 0.6 is 34.5 Å². The second-order valence-corrected chi connectivity index (χ2v) is 5.74. The van der Waals surface area contributed by atoms with E-state index in [0.717, 1.165) is 5.56 Å². The number of methoxy groups -OCH3 is 1. The molecular weight excluding hydrogens is 317 g/mol. The van der Waals surface area contributed by atoms with E-state index in [1.54, 1.807) is 36.6 Å². The molecule has 1 amide bonds. The monoisotopic (exact) mass is 329 g/mol. The van der Waals surface area contributed by atoms with E-state index in [-0.39, 0.29) is 12.0 Å². The first-order chi connectivity index (χ1) is 9.61. The second-order valence-electron chi connectivity index (χ2n) is 4.12. The molecule has 3 nitrogen and oxygen atoms in total. The highest BCUT2D eigenvalue weighted by Gasteiger charge is 2.15. The molecule has 0 radical (unpaired) electrons. The van der Waals surface area contributed by atoms with E-state index in [0.29, 0.717) is 22.2 Å². The minimum Gasteiger partial charge on any atom is -0.375 e. The van der Waals surface area contributed by atoms with E-state index >= 15 is 0 Å². The molecule has 1 N–H and O–H groups in total. The van der Waals surface area contributed by atoms with Crippen molar-refractivity contribution in [2.75, 3.05) is 13.7 Å². The average Bonchev–Trinajstić information content (AvgIpc) is 2.93. The van der Waals surface area contributed by atoms with Crippen LogP contribution in [-0.2, 0) is 4.74 Å². The molecule has 20 heavy (non-hydrogen) atoms. The van der Waals surface area contributed by atoms with Crippen LogP contribution in [0.2, 0.25) is 10.0 Å². The first-order valence-electron chi connectivity index (χ1n) is 5.90. The average molecular weight is 330 g/mol. The van der Waals surface area contributed by atoms with Crippen molar-refractivity contribution in [3.63, 3.8) is 0 Å². The van der Waals surface area contributed by atoms with Crippen LogP contribution in [0.1, 0.15) is 22.0 Å². The summed E-state index contributed by atoms with van der Waals surface area (Å²) in [4.78, 5) is 12.1. The number of thiophene rings is 1. The molecule has 106 valence electrons. The molecule has 0 fully saturated rings. The second kappa shape index (κ2) is 7.09. The van der Waals surface area contributed by atoms with Crippen molar-refractivity contribution in [2.24, 2.45) is 0 Å². The van der Waals surface area contributed by atoms with Crippen LogP contribution in [0.3, 0.4) is 0 Å². The van der Waals surface area contributed by atoms with Gasteiger partial charge in [0.25, 0.3) is 5.91 Å². The number of hydrogen-bond acceptors (Lipinski definition) is 3.